The lowest BCUT2D eigenvalue weighted by atomic mass is 9.93. The van der Waals surface area contributed by atoms with Gasteiger partial charge < -0.3 is 46.5 Å². The summed E-state index contributed by atoms with van der Waals surface area (Å²) in [7, 11) is 1.38. The molecule has 17 heteroatoms. The number of nitrogens with two attached hydrogens (primary N) is 1. The van der Waals surface area contributed by atoms with Crippen LogP contribution >= 0.6 is 11.6 Å². The lowest BCUT2D eigenvalue weighted by Crippen LogP contribution is -2.56. The molecular formula is C46H48ClN7O9. The van der Waals surface area contributed by atoms with Crippen molar-refractivity contribution in [2.75, 3.05) is 13.6 Å². The van der Waals surface area contributed by atoms with E-state index in [9.17, 15) is 39.0 Å². The van der Waals surface area contributed by atoms with Gasteiger partial charge in [-0.15, -0.1) is 0 Å². The highest BCUT2D eigenvalue weighted by molar-refractivity contribution is 6.30. The molecule has 5 amide bonds. The first kappa shape index (κ1) is 45.5. The first-order valence-corrected chi connectivity index (χ1v) is 20.7. The molecule has 2 heterocycles. The number of oxazole rings is 1. The molecule has 5 aromatic rings. The van der Waals surface area contributed by atoms with E-state index in [1.54, 1.807) is 36.4 Å². The van der Waals surface area contributed by atoms with Crippen molar-refractivity contribution in [3.63, 3.8) is 0 Å². The van der Waals surface area contributed by atoms with Crippen LogP contribution in [-0.4, -0.2) is 93.2 Å². The lowest BCUT2D eigenvalue weighted by molar-refractivity contribution is -0.141. The number of likely N-dealkylation sites (N-methyl/N-ethyl adjacent to an activating group) is 1. The fourth-order valence-corrected chi connectivity index (χ4v) is 7.37. The van der Waals surface area contributed by atoms with Gasteiger partial charge in [-0.25, -0.2) is 4.98 Å². The van der Waals surface area contributed by atoms with Gasteiger partial charge in [0.2, 0.25) is 29.4 Å². The van der Waals surface area contributed by atoms with Crippen LogP contribution in [0.15, 0.2) is 102 Å². The van der Waals surface area contributed by atoms with Gasteiger partial charge in [0.1, 0.15) is 41.9 Å². The molecule has 16 nitrogen and oxygen atoms in total. The molecule has 1 aliphatic heterocycles. The molecule has 6 rings (SSSR count). The Hall–Kier alpha value is -7.04. The monoisotopic (exact) mass is 877 g/mol. The molecule has 4 aromatic carbocycles. The van der Waals surface area contributed by atoms with Crippen LogP contribution in [0.2, 0.25) is 5.02 Å². The van der Waals surface area contributed by atoms with Crippen LogP contribution in [0.3, 0.4) is 0 Å². The van der Waals surface area contributed by atoms with Crippen LogP contribution in [0, 0.1) is 0 Å². The highest BCUT2D eigenvalue weighted by Gasteiger charge is 2.36. The minimum Gasteiger partial charge on any atom is -0.507 e. The molecule has 1 aromatic heterocycles. The fraction of sp³-hybridized carbons (Fsp3) is 0.283. The van der Waals surface area contributed by atoms with Crippen LogP contribution in [0.4, 0.5) is 0 Å². The third kappa shape index (κ3) is 10.9. The Bertz CT molecular complexity index is 2480. The number of rotatable bonds is 13. The molecule has 63 heavy (non-hydrogen) atoms. The van der Waals surface area contributed by atoms with E-state index < -0.39 is 65.5 Å². The number of hydrogen-bond donors (Lipinski definition) is 7. The molecule has 0 fully saturated rings. The van der Waals surface area contributed by atoms with Gasteiger partial charge in [-0.1, -0.05) is 48.0 Å². The molecule has 0 saturated heterocycles. The number of carbonyl (C=O) groups is 6. The Balaban J connectivity index is 1.31. The van der Waals surface area contributed by atoms with Crippen molar-refractivity contribution in [3.8, 4) is 33.8 Å². The molecule has 1 aliphatic rings. The normalized spacial score (nSPS) is 17.3. The smallest absolute Gasteiger partial charge is 0.265 e. The van der Waals surface area contributed by atoms with Gasteiger partial charge in [0, 0.05) is 35.2 Å². The summed E-state index contributed by atoms with van der Waals surface area (Å²) in [5, 5.41) is 33.6. The van der Waals surface area contributed by atoms with Gasteiger partial charge in [0.15, 0.2) is 0 Å². The third-order valence-electron chi connectivity index (χ3n) is 10.8. The Morgan fingerprint density at radius 2 is 1.54 bits per heavy atom. The minimum atomic E-state index is -1.45. The molecule has 4 bridgehead atoms. The second-order valence-electron chi connectivity index (χ2n) is 15.3. The number of benzene rings is 4. The van der Waals surface area contributed by atoms with Gasteiger partial charge in [-0.05, 0) is 110 Å². The summed E-state index contributed by atoms with van der Waals surface area (Å²) in [6, 6.07) is 16.4. The van der Waals surface area contributed by atoms with E-state index in [-0.39, 0.29) is 52.5 Å². The summed E-state index contributed by atoms with van der Waals surface area (Å²) < 4.78 is 5.08. The van der Waals surface area contributed by atoms with E-state index in [0.29, 0.717) is 30.0 Å². The topological polar surface area (TPSA) is 246 Å². The molecular weight excluding hydrogens is 830 g/mol. The molecule has 328 valence electrons. The van der Waals surface area contributed by atoms with Crippen LogP contribution < -0.4 is 27.0 Å². The molecule has 8 N–H and O–H groups in total. The van der Waals surface area contributed by atoms with Crippen molar-refractivity contribution in [2.24, 2.45) is 5.73 Å². The Morgan fingerprint density at radius 1 is 0.889 bits per heavy atom. The number of unbranched alkanes of at least 4 members (excludes halogenated alkanes) is 1. The lowest BCUT2D eigenvalue weighted by Gasteiger charge is -2.32. The van der Waals surface area contributed by atoms with E-state index in [2.05, 4.69) is 26.3 Å². The van der Waals surface area contributed by atoms with E-state index in [4.69, 9.17) is 21.8 Å². The standard InChI is InChI=1S/C46H48ClN7O9/c1-25(40(57)45-49-20-21-63-45)50-43(60)36-23-27-7-17-37(55)33(22-27)34-24-31(14-18-38(34)56)39(44(61)51-26(2)41(58)53-36)54(3)46(62)35(6-4-5-19-48)52-42(59)30-10-8-28(9-11-30)29-12-15-32(47)16-13-29/h7-18,20-22,24-26,35-36,39,55-56H,4-6,19,23,48H2,1-3H3,(H,50,60)(H,51,61)(H,52,59)(H,53,58). The van der Waals surface area contributed by atoms with Gasteiger partial charge >= 0.3 is 0 Å². The fourth-order valence-electron chi connectivity index (χ4n) is 7.25. The maximum Gasteiger partial charge on any atom is 0.265 e. The van der Waals surface area contributed by atoms with Crippen LogP contribution in [0.1, 0.15) is 71.3 Å². The number of nitrogens with one attached hydrogen (secondary N) is 4. The van der Waals surface area contributed by atoms with E-state index in [1.807, 2.05) is 12.1 Å². The van der Waals surface area contributed by atoms with Crippen LogP contribution in [0.5, 0.6) is 11.5 Å². The third-order valence-corrected chi connectivity index (χ3v) is 11.0. The van der Waals surface area contributed by atoms with Crippen molar-refractivity contribution in [1.82, 2.24) is 31.2 Å². The van der Waals surface area contributed by atoms with E-state index >= 15 is 0 Å². The average molecular weight is 878 g/mol. The predicted octanol–water partition coefficient (Wildman–Crippen LogP) is 4.43. The molecule has 0 saturated carbocycles. The number of halogens is 1. The zero-order chi connectivity index (χ0) is 45.4. The first-order chi connectivity index (χ1) is 30.1. The van der Waals surface area contributed by atoms with Gasteiger partial charge in [0.05, 0.1) is 12.2 Å². The molecule has 0 radical (unpaired) electrons. The van der Waals surface area contributed by atoms with Crippen LogP contribution in [0.25, 0.3) is 22.3 Å². The summed E-state index contributed by atoms with van der Waals surface area (Å²) in [6.07, 6.45) is 3.56. The Labute approximate surface area is 368 Å². The van der Waals surface area contributed by atoms with Crippen molar-refractivity contribution in [3.05, 3.63) is 125 Å². The van der Waals surface area contributed by atoms with E-state index in [1.165, 1.54) is 69.8 Å². The average Bonchev–Trinajstić information content (AvgIpc) is 3.82. The zero-order valence-corrected chi connectivity index (χ0v) is 35.5. The number of Topliss-reactive ketones (excluding diaryl/α,β-unsaturated/α-hetero) is 1. The van der Waals surface area contributed by atoms with Gasteiger partial charge in [-0.2, -0.15) is 0 Å². The number of aromatic nitrogens is 1. The molecule has 0 aliphatic carbocycles. The largest absolute Gasteiger partial charge is 0.507 e. The number of aromatic hydroxyl groups is 2. The number of phenolic OH excluding ortho intramolecular Hbond substituents is 2. The number of carbonyl (C=O) groups excluding carboxylic acids is 6. The molecule has 0 spiro atoms. The number of ketones is 1. The van der Waals surface area contributed by atoms with Crippen molar-refractivity contribution in [2.45, 2.75) is 69.7 Å². The van der Waals surface area contributed by atoms with Crippen molar-refractivity contribution < 1.29 is 43.4 Å². The second-order valence-corrected chi connectivity index (χ2v) is 15.7. The minimum absolute atomic E-state index is 0.0978. The summed E-state index contributed by atoms with van der Waals surface area (Å²) in [5.41, 5.74) is 8.68. The number of hydrogen-bond acceptors (Lipinski definition) is 11. The summed E-state index contributed by atoms with van der Waals surface area (Å²) >= 11 is 6.05. The number of fused-ring (bicyclic) bond motifs is 5. The second kappa shape index (κ2) is 20.2. The maximum atomic E-state index is 14.6. The van der Waals surface area contributed by atoms with Crippen molar-refractivity contribution >= 4 is 46.9 Å². The summed E-state index contributed by atoms with van der Waals surface area (Å²) in [5.74, 6) is -4.84. The molecule has 5 atom stereocenters. The van der Waals surface area contributed by atoms with E-state index in [0.717, 1.165) is 16.0 Å². The summed E-state index contributed by atoms with van der Waals surface area (Å²) in [6.45, 7) is 3.17. The Morgan fingerprint density at radius 3 is 2.19 bits per heavy atom. The zero-order valence-electron chi connectivity index (χ0n) is 34.8. The van der Waals surface area contributed by atoms with Gasteiger partial charge in [-0.3, -0.25) is 28.8 Å². The predicted molar refractivity (Wildman–Crippen MR) is 233 cm³/mol. The number of amides is 5. The number of phenols is 2. The first-order valence-electron chi connectivity index (χ1n) is 20.3. The highest BCUT2D eigenvalue weighted by Crippen LogP contribution is 2.39. The Kier molecular flexibility index (Phi) is 14.6. The van der Waals surface area contributed by atoms with Crippen LogP contribution in [-0.2, 0) is 25.6 Å². The van der Waals surface area contributed by atoms with Crippen molar-refractivity contribution in [1.29, 1.82) is 0 Å². The maximum absolute atomic E-state index is 14.6. The highest BCUT2D eigenvalue weighted by atomic mass is 35.5. The quantitative estimate of drug-likeness (QED) is 0.0644. The molecule has 5 unspecified atom stereocenters. The van der Waals surface area contributed by atoms with Gasteiger partial charge in [0.25, 0.3) is 11.8 Å². The summed E-state index contributed by atoms with van der Waals surface area (Å²) in [4.78, 5) is 88.0. The number of nitrogens with zero attached hydrogens (tertiary/aromatic N) is 2. The SMILES string of the molecule is CC1NC(=O)C(N(C)C(=O)C(CCCCN)NC(=O)c2ccc(-c3ccc(Cl)cc3)cc2)c2ccc(O)c(c2)-c2cc(ccc2O)CC(C(=O)NC(C)C(=O)c2ncco2)NC1=O.